The number of fused-ring (bicyclic) bond motifs is 1. The number of nitrogens with zero attached hydrogens (tertiary/aromatic N) is 3. The predicted octanol–water partition coefficient (Wildman–Crippen LogP) is 2.37. The summed E-state index contributed by atoms with van der Waals surface area (Å²) in [6, 6.07) is 4.57. The van der Waals surface area contributed by atoms with Crippen LogP contribution in [0, 0.1) is 0 Å². The Balaban J connectivity index is 1.88. The van der Waals surface area contributed by atoms with Gasteiger partial charge in [0.25, 0.3) is 5.91 Å². The largest absolute Gasteiger partial charge is 0.507 e. The highest BCUT2D eigenvalue weighted by Crippen LogP contribution is 2.25. The number of hydrogen-bond donors (Lipinski definition) is 1. The molecular formula is C15H16ClN3O2. The molecule has 2 aromatic rings. The fraction of sp³-hybridized carbons (Fsp3) is 0.333. The van der Waals surface area contributed by atoms with Crippen LogP contribution in [0.1, 0.15) is 28.0 Å². The van der Waals surface area contributed by atoms with Gasteiger partial charge >= 0.3 is 0 Å². The quantitative estimate of drug-likeness (QED) is 0.880. The number of phenolic OH excluding ortho intramolecular Hbond substituents is 1. The molecule has 0 spiro atoms. The summed E-state index contributed by atoms with van der Waals surface area (Å²) < 4.78 is 1.86. The van der Waals surface area contributed by atoms with E-state index in [1.807, 2.05) is 17.9 Å². The van der Waals surface area contributed by atoms with Crippen molar-refractivity contribution in [3.05, 3.63) is 46.2 Å². The molecule has 21 heavy (non-hydrogen) atoms. The molecule has 0 bridgehead atoms. The van der Waals surface area contributed by atoms with Gasteiger partial charge in [-0.15, -0.1) is 0 Å². The zero-order valence-electron chi connectivity index (χ0n) is 11.7. The van der Waals surface area contributed by atoms with E-state index < -0.39 is 0 Å². The molecule has 0 fully saturated rings. The van der Waals surface area contributed by atoms with Crippen LogP contribution in [0.4, 0.5) is 0 Å². The van der Waals surface area contributed by atoms with Gasteiger partial charge in [0.15, 0.2) is 0 Å². The average Bonchev–Trinajstić information content (AvgIpc) is 2.68. The summed E-state index contributed by atoms with van der Waals surface area (Å²) in [6.07, 6.45) is 3.59. The minimum Gasteiger partial charge on any atom is -0.507 e. The molecule has 3 rings (SSSR count). The molecule has 0 saturated carbocycles. The topological polar surface area (TPSA) is 58.4 Å². The van der Waals surface area contributed by atoms with Gasteiger partial charge in [-0.05, 0) is 31.0 Å². The maximum absolute atomic E-state index is 12.6. The molecule has 1 aromatic carbocycles. The summed E-state index contributed by atoms with van der Waals surface area (Å²) in [5.41, 5.74) is 2.52. The first-order valence-electron chi connectivity index (χ1n) is 6.84. The number of aromatic nitrogens is 2. The molecule has 1 amide bonds. The van der Waals surface area contributed by atoms with E-state index in [0.717, 1.165) is 18.4 Å². The number of aryl methyl sites for hydroxylation is 1. The maximum Gasteiger partial charge on any atom is 0.257 e. The SMILES string of the molecule is Cn1ncc2c1CCCN(C(=O)c1ccc(Cl)cc1O)C2. The van der Waals surface area contributed by atoms with Gasteiger partial charge in [0.2, 0.25) is 0 Å². The number of carbonyl (C=O) groups excluding carboxylic acids is 1. The number of amides is 1. The van der Waals surface area contributed by atoms with Crippen molar-refractivity contribution in [2.45, 2.75) is 19.4 Å². The fourth-order valence-electron chi connectivity index (χ4n) is 2.71. The molecule has 110 valence electrons. The van der Waals surface area contributed by atoms with Crippen LogP contribution in [-0.2, 0) is 20.0 Å². The molecule has 1 aliphatic rings. The summed E-state index contributed by atoms with van der Waals surface area (Å²) in [6.45, 7) is 1.18. The van der Waals surface area contributed by atoms with E-state index in [1.54, 1.807) is 17.0 Å². The lowest BCUT2D eigenvalue weighted by atomic mass is 10.1. The number of benzene rings is 1. The van der Waals surface area contributed by atoms with Gasteiger partial charge in [-0.3, -0.25) is 9.48 Å². The van der Waals surface area contributed by atoms with Crippen LogP contribution in [-0.4, -0.2) is 32.2 Å². The molecule has 0 saturated heterocycles. The van der Waals surface area contributed by atoms with Crippen LogP contribution in [0.5, 0.6) is 5.75 Å². The van der Waals surface area contributed by atoms with Crippen LogP contribution in [0.2, 0.25) is 5.02 Å². The van der Waals surface area contributed by atoms with Gasteiger partial charge in [0.05, 0.1) is 11.8 Å². The van der Waals surface area contributed by atoms with Crippen molar-refractivity contribution in [2.75, 3.05) is 6.54 Å². The smallest absolute Gasteiger partial charge is 0.257 e. The number of aromatic hydroxyl groups is 1. The Morgan fingerprint density at radius 1 is 1.43 bits per heavy atom. The second-order valence-electron chi connectivity index (χ2n) is 5.23. The third-order valence-electron chi connectivity index (χ3n) is 3.83. The molecular weight excluding hydrogens is 290 g/mol. The van der Waals surface area contributed by atoms with Crippen LogP contribution >= 0.6 is 11.6 Å². The van der Waals surface area contributed by atoms with Crippen LogP contribution < -0.4 is 0 Å². The number of rotatable bonds is 1. The van der Waals surface area contributed by atoms with Crippen molar-refractivity contribution in [1.29, 1.82) is 0 Å². The molecule has 0 unspecified atom stereocenters. The van der Waals surface area contributed by atoms with Crippen molar-refractivity contribution >= 4 is 17.5 Å². The van der Waals surface area contributed by atoms with Crippen molar-refractivity contribution in [1.82, 2.24) is 14.7 Å². The Kier molecular flexibility index (Phi) is 3.59. The molecule has 6 heteroatoms. The highest BCUT2D eigenvalue weighted by atomic mass is 35.5. The first kappa shape index (κ1) is 13.9. The molecule has 0 aliphatic carbocycles. The van der Waals surface area contributed by atoms with Gasteiger partial charge in [-0.25, -0.2) is 0 Å². The van der Waals surface area contributed by atoms with E-state index >= 15 is 0 Å². The number of hydrogen-bond acceptors (Lipinski definition) is 3. The van der Waals surface area contributed by atoms with E-state index in [0.29, 0.717) is 18.1 Å². The van der Waals surface area contributed by atoms with E-state index in [4.69, 9.17) is 11.6 Å². The molecule has 1 N–H and O–H groups in total. The van der Waals surface area contributed by atoms with E-state index in [-0.39, 0.29) is 17.2 Å². The molecule has 1 aliphatic heterocycles. The van der Waals surface area contributed by atoms with Crippen LogP contribution in [0.3, 0.4) is 0 Å². The van der Waals surface area contributed by atoms with Crippen LogP contribution in [0.15, 0.2) is 24.4 Å². The Bertz CT molecular complexity index is 696. The third kappa shape index (κ3) is 2.61. The summed E-state index contributed by atoms with van der Waals surface area (Å²) in [5, 5.41) is 14.6. The van der Waals surface area contributed by atoms with E-state index in [2.05, 4.69) is 5.10 Å². The highest BCUT2D eigenvalue weighted by molar-refractivity contribution is 6.30. The lowest BCUT2D eigenvalue weighted by Crippen LogP contribution is -2.30. The Hall–Kier alpha value is -2.01. The van der Waals surface area contributed by atoms with Gasteiger partial charge in [0.1, 0.15) is 5.75 Å². The summed E-state index contributed by atoms with van der Waals surface area (Å²) in [4.78, 5) is 14.3. The monoisotopic (exact) mass is 305 g/mol. The molecule has 0 radical (unpaired) electrons. The van der Waals surface area contributed by atoms with Crippen molar-refractivity contribution in [3.63, 3.8) is 0 Å². The minimum absolute atomic E-state index is 0.0804. The lowest BCUT2D eigenvalue weighted by Gasteiger charge is -2.20. The number of carbonyl (C=O) groups is 1. The molecule has 5 nitrogen and oxygen atoms in total. The average molecular weight is 306 g/mol. The zero-order valence-corrected chi connectivity index (χ0v) is 12.5. The van der Waals surface area contributed by atoms with Gasteiger partial charge in [-0.1, -0.05) is 11.6 Å². The fourth-order valence-corrected chi connectivity index (χ4v) is 2.88. The Labute approximate surface area is 127 Å². The van der Waals surface area contributed by atoms with E-state index in [1.165, 1.54) is 11.8 Å². The minimum atomic E-state index is -0.180. The van der Waals surface area contributed by atoms with Crippen molar-refractivity contribution in [3.8, 4) is 5.75 Å². The van der Waals surface area contributed by atoms with E-state index in [9.17, 15) is 9.90 Å². The zero-order chi connectivity index (χ0) is 15.0. The summed E-state index contributed by atoms with van der Waals surface area (Å²) in [5.74, 6) is -0.260. The number of phenols is 1. The number of halogens is 1. The Morgan fingerprint density at radius 3 is 3.00 bits per heavy atom. The first-order chi connectivity index (χ1) is 10.1. The standard InChI is InChI=1S/C15H16ClN3O2/c1-18-13-3-2-6-19(9-10(13)8-17-18)15(21)12-5-4-11(16)7-14(12)20/h4-5,7-8,20H,2-3,6,9H2,1H3. The third-order valence-corrected chi connectivity index (χ3v) is 4.06. The maximum atomic E-state index is 12.6. The molecule has 1 aromatic heterocycles. The Morgan fingerprint density at radius 2 is 2.24 bits per heavy atom. The molecule has 2 heterocycles. The van der Waals surface area contributed by atoms with Gasteiger partial charge < -0.3 is 10.0 Å². The van der Waals surface area contributed by atoms with Crippen molar-refractivity contribution in [2.24, 2.45) is 7.05 Å². The summed E-state index contributed by atoms with van der Waals surface area (Å²) in [7, 11) is 1.92. The highest BCUT2D eigenvalue weighted by Gasteiger charge is 2.23. The molecule has 0 atom stereocenters. The predicted molar refractivity (Wildman–Crippen MR) is 79.4 cm³/mol. The van der Waals surface area contributed by atoms with Crippen LogP contribution in [0.25, 0.3) is 0 Å². The van der Waals surface area contributed by atoms with Crippen molar-refractivity contribution < 1.29 is 9.90 Å². The first-order valence-corrected chi connectivity index (χ1v) is 7.21. The second-order valence-corrected chi connectivity index (χ2v) is 5.67. The lowest BCUT2D eigenvalue weighted by molar-refractivity contribution is 0.0743. The normalized spacial score (nSPS) is 14.7. The second kappa shape index (κ2) is 5.41. The summed E-state index contributed by atoms with van der Waals surface area (Å²) >= 11 is 5.81. The van der Waals surface area contributed by atoms with Gasteiger partial charge in [-0.2, -0.15) is 5.10 Å². The van der Waals surface area contributed by atoms with Gasteiger partial charge in [0, 0.05) is 36.4 Å².